The number of carbonyl (C=O) groups excluding carboxylic acids is 2. The van der Waals surface area contributed by atoms with E-state index in [0.717, 1.165) is 11.0 Å². The fraction of sp³-hybridized carbons (Fsp3) is 0.200. The lowest BCUT2D eigenvalue weighted by molar-refractivity contribution is -0.384. The highest BCUT2D eigenvalue weighted by molar-refractivity contribution is 6.45. The van der Waals surface area contributed by atoms with Crippen LogP contribution in [0.2, 0.25) is 0 Å². The Balaban J connectivity index is 1.82. The number of carbonyl (C=O) groups is 2. The lowest BCUT2D eigenvalue weighted by atomic mass is 10.0. The normalized spacial score (nSPS) is 17.3. The molecular weight excluding hydrogens is 381 g/mol. The van der Waals surface area contributed by atoms with Crippen LogP contribution < -0.4 is 4.90 Å². The molecule has 1 saturated heterocycles. The zero-order valence-corrected chi connectivity index (χ0v) is 15.2. The van der Waals surface area contributed by atoms with E-state index in [9.17, 15) is 24.1 Å². The minimum Gasteiger partial charge on any atom is -0.378 e. The highest BCUT2D eigenvalue weighted by atomic mass is 19.1. The topological polar surface area (TPSA) is 93.0 Å². The number of rotatable bonds is 4. The maximum Gasteiger partial charge on any atom is 0.282 e. The smallest absolute Gasteiger partial charge is 0.282 e. The molecule has 4 rings (SSSR count). The third kappa shape index (κ3) is 3.36. The van der Waals surface area contributed by atoms with E-state index in [-0.39, 0.29) is 22.6 Å². The van der Waals surface area contributed by atoms with Gasteiger partial charge in [0.15, 0.2) is 0 Å². The molecule has 29 heavy (non-hydrogen) atoms. The van der Waals surface area contributed by atoms with Crippen LogP contribution in [-0.2, 0) is 14.3 Å². The summed E-state index contributed by atoms with van der Waals surface area (Å²) in [5.41, 5.74) is 0.713. The largest absolute Gasteiger partial charge is 0.378 e. The SMILES string of the molecule is O=C1C(c2ccc([N+](=O)[O-])cc2)=C(N2CCOCC2)C(=O)N1c1cccc(F)c1. The van der Waals surface area contributed by atoms with Gasteiger partial charge in [0.2, 0.25) is 0 Å². The van der Waals surface area contributed by atoms with Crippen LogP contribution in [0.3, 0.4) is 0 Å². The summed E-state index contributed by atoms with van der Waals surface area (Å²) in [6, 6.07) is 10.7. The van der Waals surface area contributed by atoms with Crippen molar-refractivity contribution in [3.8, 4) is 0 Å². The van der Waals surface area contributed by atoms with Crippen molar-refractivity contribution < 1.29 is 23.6 Å². The predicted molar refractivity (Wildman–Crippen MR) is 101 cm³/mol. The third-order valence-corrected chi connectivity index (χ3v) is 4.82. The summed E-state index contributed by atoms with van der Waals surface area (Å²) in [5.74, 6) is -1.73. The van der Waals surface area contributed by atoms with Crippen LogP contribution in [0.5, 0.6) is 0 Å². The Morgan fingerprint density at radius 1 is 1.00 bits per heavy atom. The van der Waals surface area contributed by atoms with E-state index in [1.54, 1.807) is 4.90 Å². The maximum atomic E-state index is 13.7. The molecule has 9 heteroatoms. The van der Waals surface area contributed by atoms with Gasteiger partial charge in [0.1, 0.15) is 11.5 Å². The molecule has 2 heterocycles. The molecule has 2 aliphatic heterocycles. The predicted octanol–water partition coefficient (Wildman–Crippen LogP) is 2.35. The van der Waals surface area contributed by atoms with Crippen molar-refractivity contribution >= 4 is 28.8 Å². The minimum absolute atomic E-state index is 0.124. The van der Waals surface area contributed by atoms with Crippen LogP contribution in [0, 0.1) is 15.9 Å². The van der Waals surface area contributed by atoms with Gasteiger partial charge < -0.3 is 9.64 Å². The quantitative estimate of drug-likeness (QED) is 0.447. The van der Waals surface area contributed by atoms with Crippen LogP contribution in [0.1, 0.15) is 5.56 Å². The molecule has 8 nitrogen and oxygen atoms in total. The van der Waals surface area contributed by atoms with Gasteiger partial charge in [-0.2, -0.15) is 0 Å². The van der Waals surface area contributed by atoms with Gasteiger partial charge in [-0.1, -0.05) is 6.07 Å². The van der Waals surface area contributed by atoms with Gasteiger partial charge in [-0.05, 0) is 35.9 Å². The molecule has 0 aliphatic carbocycles. The average Bonchev–Trinajstić information content (AvgIpc) is 2.99. The summed E-state index contributed by atoms with van der Waals surface area (Å²) in [5, 5.41) is 10.9. The summed E-state index contributed by atoms with van der Waals surface area (Å²) >= 11 is 0. The molecule has 2 amide bonds. The number of benzene rings is 2. The molecule has 0 atom stereocenters. The summed E-state index contributed by atoms with van der Waals surface area (Å²) in [4.78, 5) is 39.5. The fourth-order valence-corrected chi connectivity index (χ4v) is 3.46. The molecule has 2 aromatic carbocycles. The molecule has 0 unspecified atom stereocenters. The van der Waals surface area contributed by atoms with E-state index < -0.39 is 22.6 Å². The third-order valence-electron chi connectivity index (χ3n) is 4.82. The minimum atomic E-state index is -0.601. The molecule has 2 aliphatic rings. The molecule has 0 radical (unpaired) electrons. The highest BCUT2D eigenvalue weighted by Gasteiger charge is 2.42. The van der Waals surface area contributed by atoms with Crippen LogP contribution in [0.25, 0.3) is 5.57 Å². The highest BCUT2D eigenvalue weighted by Crippen LogP contribution is 2.35. The first-order chi connectivity index (χ1) is 14.0. The molecule has 0 spiro atoms. The number of anilines is 1. The Hall–Kier alpha value is -3.59. The van der Waals surface area contributed by atoms with Gasteiger partial charge in [-0.15, -0.1) is 0 Å². The van der Waals surface area contributed by atoms with E-state index in [0.29, 0.717) is 31.9 Å². The molecule has 0 aromatic heterocycles. The molecule has 1 fully saturated rings. The van der Waals surface area contributed by atoms with Crippen LogP contribution in [0.15, 0.2) is 54.2 Å². The van der Waals surface area contributed by atoms with Gasteiger partial charge in [0, 0.05) is 25.2 Å². The lowest BCUT2D eigenvalue weighted by Crippen LogP contribution is -2.40. The number of amides is 2. The molecule has 0 N–H and O–H groups in total. The molecule has 0 bridgehead atoms. The van der Waals surface area contributed by atoms with Gasteiger partial charge in [0.25, 0.3) is 17.5 Å². The Morgan fingerprint density at radius 3 is 2.31 bits per heavy atom. The van der Waals surface area contributed by atoms with E-state index in [2.05, 4.69) is 0 Å². The lowest BCUT2D eigenvalue weighted by Gasteiger charge is -2.29. The number of halogens is 1. The number of ether oxygens (including phenoxy) is 1. The number of hydrogen-bond acceptors (Lipinski definition) is 6. The summed E-state index contributed by atoms with van der Waals surface area (Å²) in [6.07, 6.45) is 0. The van der Waals surface area contributed by atoms with Gasteiger partial charge in [-0.25, -0.2) is 9.29 Å². The van der Waals surface area contributed by atoms with Crippen LogP contribution in [-0.4, -0.2) is 47.9 Å². The molecule has 0 saturated carbocycles. The zero-order chi connectivity index (χ0) is 20.5. The number of nitro benzene ring substituents is 1. The first-order valence-corrected chi connectivity index (χ1v) is 8.93. The first kappa shape index (κ1) is 18.8. The molecule has 148 valence electrons. The van der Waals surface area contributed by atoms with Gasteiger partial charge >= 0.3 is 0 Å². The Kier molecular flexibility index (Phi) is 4.81. The van der Waals surface area contributed by atoms with Crippen molar-refractivity contribution in [1.29, 1.82) is 0 Å². The summed E-state index contributed by atoms with van der Waals surface area (Å²) < 4.78 is 19.0. The Morgan fingerprint density at radius 2 is 1.69 bits per heavy atom. The first-order valence-electron chi connectivity index (χ1n) is 8.93. The standard InChI is InChI=1S/C20H16FN3O5/c21-14-2-1-3-16(12-14)23-19(25)17(13-4-6-15(7-5-13)24(27)28)18(20(23)26)22-8-10-29-11-9-22/h1-7,12H,8-11H2. The van der Waals surface area contributed by atoms with E-state index in [1.165, 1.54) is 42.5 Å². The monoisotopic (exact) mass is 397 g/mol. The Bertz CT molecular complexity index is 1030. The van der Waals surface area contributed by atoms with Crippen molar-refractivity contribution in [3.63, 3.8) is 0 Å². The zero-order valence-electron chi connectivity index (χ0n) is 15.2. The number of non-ortho nitro benzene ring substituents is 1. The van der Waals surface area contributed by atoms with Crippen LogP contribution in [0.4, 0.5) is 15.8 Å². The number of nitrogens with zero attached hydrogens (tertiary/aromatic N) is 3. The Labute approximate surface area is 164 Å². The second kappa shape index (κ2) is 7.44. The van der Waals surface area contributed by atoms with Gasteiger partial charge in [0.05, 0.1) is 29.4 Å². The van der Waals surface area contributed by atoms with Crippen molar-refractivity contribution in [2.75, 3.05) is 31.2 Å². The average molecular weight is 397 g/mol. The second-order valence-corrected chi connectivity index (χ2v) is 6.55. The van der Waals surface area contributed by atoms with E-state index in [4.69, 9.17) is 4.74 Å². The number of imide groups is 1. The van der Waals surface area contributed by atoms with Crippen molar-refractivity contribution in [1.82, 2.24) is 4.90 Å². The van der Waals surface area contributed by atoms with E-state index >= 15 is 0 Å². The summed E-state index contributed by atoms with van der Waals surface area (Å²) in [6.45, 7) is 1.64. The summed E-state index contributed by atoms with van der Waals surface area (Å²) in [7, 11) is 0. The van der Waals surface area contributed by atoms with Crippen molar-refractivity contribution in [2.24, 2.45) is 0 Å². The van der Waals surface area contributed by atoms with Crippen LogP contribution >= 0.6 is 0 Å². The van der Waals surface area contributed by atoms with Crippen molar-refractivity contribution in [2.45, 2.75) is 0 Å². The number of nitro groups is 1. The second-order valence-electron chi connectivity index (χ2n) is 6.55. The van der Waals surface area contributed by atoms with Crippen molar-refractivity contribution in [3.05, 3.63) is 75.7 Å². The maximum absolute atomic E-state index is 13.7. The molecular formula is C20H16FN3O5. The number of morpholine rings is 1. The fourth-order valence-electron chi connectivity index (χ4n) is 3.46. The molecule has 2 aromatic rings. The number of hydrogen-bond donors (Lipinski definition) is 0. The van der Waals surface area contributed by atoms with E-state index in [1.807, 2.05) is 0 Å². The van der Waals surface area contributed by atoms with Gasteiger partial charge in [-0.3, -0.25) is 19.7 Å².